The predicted octanol–water partition coefficient (Wildman–Crippen LogP) is 4.02. The molecule has 0 radical (unpaired) electrons. The number of nitrogens with zero attached hydrogens (tertiary/aromatic N) is 1. The number of primary amides is 1. The predicted molar refractivity (Wildman–Crippen MR) is 122 cm³/mol. The molecule has 2 amide bonds. The van der Waals surface area contributed by atoms with Crippen LogP contribution in [0.15, 0.2) is 48.5 Å². The van der Waals surface area contributed by atoms with E-state index in [0.717, 1.165) is 27.6 Å². The van der Waals surface area contributed by atoms with Crippen molar-refractivity contribution < 1.29 is 14.0 Å². The molecule has 1 aliphatic heterocycles. The lowest BCUT2D eigenvalue weighted by molar-refractivity contribution is -0.125. The van der Waals surface area contributed by atoms with Crippen molar-refractivity contribution in [1.29, 1.82) is 0 Å². The van der Waals surface area contributed by atoms with Gasteiger partial charge in [-0.3, -0.25) is 9.59 Å². The molecule has 0 saturated heterocycles. The van der Waals surface area contributed by atoms with Crippen molar-refractivity contribution in [3.05, 3.63) is 71.0 Å². The number of carbonyl (C=O) groups excluding carboxylic acids is 2. The number of halogens is 1. The van der Waals surface area contributed by atoms with Crippen LogP contribution in [0.4, 0.5) is 4.39 Å². The highest BCUT2D eigenvalue weighted by Gasteiger charge is 2.28. The van der Waals surface area contributed by atoms with Gasteiger partial charge >= 0.3 is 0 Å². The van der Waals surface area contributed by atoms with Crippen molar-refractivity contribution in [1.82, 2.24) is 9.88 Å². The molecule has 2 heterocycles. The molecular weight excluding hydrogens is 405 g/mol. The summed E-state index contributed by atoms with van der Waals surface area (Å²) in [7, 11) is 0. The van der Waals surface area contributed by atoms with Crippen molar-refractivity contribution >= 4 is 33.6 Å². The Hall–Kier alpha value is -4.11. The second-order valence-corrected chi connectivity index (χ2v) is 7.94. The topological polar surface area (TPSA) is 79.2 Å². The van der Waals surface area contributed by atoms with E-state index in [0.29, 0.717) is 35.1 Å². The summed E-state index contributed by atoms with van der Waals surface area (Å²) in [6.45, 7) is 2.43. The van der Waals surface area contributed by atoms with Gasteiger partial charge in [0.2, 0.25) is 5.91 Å². The molecule has 3 N–H and O–H groups in total. The van der Waals surface area contributed by atoms with Gasteiger partial charge in [0, 0.05) is 34.9 Å². The zero-order valence-electron chi connectivity index (χ0n) is 17.5. The maximum absolute atomic E-state index is 15.7. The fraction of sp³-hybridized carbons (Fsp3) is 0.154. The van der Waals surface area contributed by atoms with Gasteiger partial charge in [0.05, 0.1) is 11.9 Å². The first-order chi connectivity index (χ1) is 15.5. The van der Waals surface area contributed by atoms with E-state index in [2.05, 4.69) is 16.8 Å². The van der Waals surface area contributed by atoms with Crippen molar-refractivity contribution in [2.24, 2.45) is 5.73 Å². The van der Waals surface area contributed by atoms with Crippen LogP contribution in [-0.4, -0.2) is 21.7 Å². The second kappa shape index (κ2) is 7.54. The average Bonchev–Trinajstić information content (AvgIpc) is 3.36. The summed E-state index contributed by atoms with van der Waals surface area (Å²) < 4.78 is 15.7. The number of aromatic amines is 1. The Morgan fingerprint density at radius 3 is 2.75 bits per heavy atom. The van der Waals surface area contributed by atoms with Crippen LogP contribution in [0.25, 0.3) is 32.9 Å². The third kappa shape index (κ3) is 3.10. The highest BCUT2D eigenvalue weighted by atomic mass is 19.1. The average molecular weight is 425 g/mol. The van der Waals surface area contributed by atoms with Crippen molar-refractivity contribution in [2.45, 2.75) is 26.4 Å². The largest absolute Gasteiger partial charge is 0.369 e. The van der Waals surface area contributed by atoms with Gasteiger partial charge in [0.25, 0.3) is 5.91 Å². The molecule has 5 nitrogen and oxygen atoms in total. The zero-order chi connectivity index (χ0) is 22.4. The van der Waals surface area contributed by atoms with Gasteiger partial charge in [-0.05, 0) is 47.2 Å². The minimum absolute atomic E-state index is 0.0641. The maximum Gasteiger partial charge on any atom is 0.299 e. The summed E-state index contributed by atoms with van der Waals surface area (Å²) >= 11 is 0. The number of aromatic nitrogens is 1. The quantitative estimate of drug-likeness (QED) is 0.486. The first kappa shape index (κ1) is 19.8. The van der Waals surface area contributed by atoms with E-state index in [9.17, 15) is 9.59 Å². The molecule has 0 fully saturated rings. The van der Waals surface area contributed by atoms with E-state index < -0.39 is 11.7 Å². The summed E-state index contributed by atoms with van der Waals surface area (Å²) in [6.07, 6.45) is -0.0641. The number of rotatable bonds is 3. The van der Waals surface area contributed by atoms with Gasteiger partial charge in [-0.2, -0.15) is 0 Å². The number of carbonyl (C=O) groups is 2. The first-order valence-electron chi connectivity index (χ1n) is 10.3. The molecule has 4 aromatic rings. The second-order valence-electron chi connectivity index (χ2n) is 7.94. The van der Waals surface area contributed by atoms with E-state index in [1.807, 2.05) is 42.5 Å². The Morgan fingerprint density at radius 2 is 1.97 bits per heavy atom. The Balaban J connectivity index is 1.78. The SMILES string of the molecule is CC#CC(=O)N1Cc2cccc(-c3c(F)cc(CC(N)=O)c4[nH]c5ccccc5c34)c2C1. The highest BCUT2D eigenvalue weighted by Crippen LogP contribution is 2.42. The molecule has 0 spiro atoms. The number of hydrogen-bond acceptors (Lipinski definition) is 2. The van der Waals surface area contributed by atoms with Gasteiger partial charge in [-0.1, -0.05) is 42.3 Å². The van der Waals surface area contributed by atoms with E-state index in [1.54, 1.807) is 11.8 Å². The molecule has 0 bridgehead atoms. The Bertz CT molecular complexity index is 1490. The fourth-order valence-corrected chi connectivity index (χ4v) is 4.64. The Kier molecular flexibility index (Phi) is 4.67. The van der Waals surface area contributed by atoms with Crippen LogP contribution in [0.5, 0.6) is 0 Å². The number of fused-ring (bicyclic) bond motifs is 4. The van der Waals surface area contributed by atoms with Gasteiger partial charge in [0.1, 0.15) is 5.82 Å². The van der Waals surface area contributed by atoms with Crippen LogP contribution in [-0.2, 0) is 29.1 Å². The van der Waals surface area contributed by atoms with Gasteiger partial charge < -0.3 is 15.6 Å². The number of benzene rings is 3. The Morgan fingerprint density at radius 1 is 1.16 bits per heavy atom. The van der Waals surface area contributed by atoms with E-state index in [-0.39, 0.29) is 12.3 Å². The number of amides is 2. The van der Waals surface area contributed by atoms with Crippen LogP contribution in [0.3, 0.4) is 0 Å². The van der Waals surface area contributed by atoms with Crippen LogP contribution in [0, 0.1) is 17.7 Å². The normalized spacial score (nSPS) is 12.6. The minimum Gasteiger partial charge on any atom is -0.369 e. The number of H-pyrrole nitrogens is 1. The summed E-state index contributed by atoms with van der Waals surface area (Å²) in [5.41, 5.74) is 10.6. The standard InChI is InChI=1S/C26H20FN3O2/c1-2-6-23(32)30-13-15-7-5-9-17(19(15)14-30)24-20(27)11-16(12-22(28)31)26-25(24)18-8-3-4-10-21(18)29-26/h3-5,7-11,29H,12-14H2,1H3,(H2,28,31). The number of nitrogens with two attached hydrogens (primary N) is 1. The van der Waals surface area contributed by atoms with Crippen molar-refractivity contribution in [3.63, 3.8) is 0 Å². The smallest absolute Gasteiger partial charge is 0.299 e. The third-order valence-corrected chi connectivity index (χ3v) is 5.95. The van der Waals surface area contributed by atoms with Gasteiger partial charge in [-0.15, -0.1) is 0 Å². The van der Waals surface area contributed by atoms with Gasteiger partial charge in [-0.25, -0.2) is 4.39 Å². The summed E-state index contributed by atoms with van der Waals surface area (Å²) in [6, 6.07) is 14.8. The van der Waals surface area contributed by atoms with Crippen LogP contribution in [0.2, 0.25) is 0 Å². The molecule has 3 aromatic carbocycles. The van der Waals surface area contributed by atoms with E-state index >= 15 is 4.39 Å². The van der Waals surface area contributed by atoms with Crippen LogP contribution < -0.4 is 5.73 Å². The molecule has 32 heavy (non-hydrogen) atoms. The molecular formula is C26H20FN3O2. The van der Waals surface area contributed by atoms with Crippen LogP contribution in [0.1, 0.15) is 23.6 Å². The highest BCUT2D eigenvalue weighted by molar-refractivity contribution is 6.16. The molecule has 0 aliphatic carbocycles. The molecule has 1 aliphatic rings. The van der Waals surface area contributed by atoms with Gasteiger partial charge in [0.15, 0.2) is 0 Å². The summed E-state index contributed by atoms with van der Waals surface area (Å²) in [5, 5.41) is 1.58. The molecule has 0 unspecified atom stereocenters. The molecule has 0 saturated carbocycles. The van der Waals surface area contributed by atoms with Crippen LogP contribution >= 0.6 is 0 Å². The molecule has 0 atom stereocenters. The molecule has 1 aromatic heterocycles. The first-order valence-corrected chi connectivity index (χ1v) is 10.3. The molecule has 5 rings (SSSR count). The lowest BCUT2D eigenvalue weighted by Crippen LogP contribution is -2.23. The molecule has 6 heteroatoms. The lowest BCUT2D eigenvalue weighted by Gasteiger charge is -2.14. The molecule has 158 valence electrons. The third-order valence-electron chi connectivity index (χ3n) is 5.95. The summed E-state index contributed by atoms with van der Waals surface area (Å²) in [5.74, 6) is 4.03. The minimum atomic E-state index is -0.524. The van der Waals surface area contributed by atoms with Crippen molar-refractivity contribution in [2.75, 3.05) is 0 Å². The number of para-hydroxylation sites is 1. The van der Waals surface area contributed by atoms with E-state index in [1.165, 1.54) is 6.07 Å². The van der Waals surface area contributed by atoms with E-state index in [4.69, 9.17) is 5.73 Å². The number of nitrogens with one attached hydrogen (secondary N) is 1. The lowest BCUT2D eigenvalue weighted by atomic mass is 9.91. The fourth-order valence-electron chi connectivity index (χ4n) is 4.64. The Labute approximate surface area is 184 Å². The monoisotopic (exact) mass is 425 g/mol. The number of hydrogen-bond donors (Lipinski definition) is 2. The van der Waals surface area contributed by atoms with Crippen molar-refractivity contribution in [3.8, 4) is 23.0 Å². The summed E-state index contributed by atoms with van der Waals surface area (Å²) in [4.78, 5) is 29.0. The zero-order valence-corrected chi connectivity index (χ0v) is 17.5. The maximum atomic E-state index is 15.7.